The fraction of sp³-hybridized carbons (Fsp3) is 0.0588. The van der Waals surface area contributed by atoms with Gasteiger partial charge in [0.25, 0.3) is 0 Å². The molecule has 0 N–H and O–H groups in total. The summed E-state index contributed by atoms with van der Waals surface area (Å²) in [7, 11) is 0. The molecule has 0 atom stereocenters. The van der Waals surface area contributed by atoms with Crippen molar-refractivity contribution in [1.29, 1.82) is 0 Å². The van der Waals surface area contributed by atoms with Crippen molar-refractivity contribution in [2.45, 2.75) is 19.3 Å². The van der Waals surface area contributed by atoms with Crippen LogP contribution in [0.2, 0.25) is 0 Å². The Bertz CT molecular complexity index is 2730. The van der Waals surface area contributed by atoms with Gasteiger partial charge < -0.3 is 0 Å². The number of hydrogen-bond acceptors (Lipinski definition) is 0. The van der Waals surface area contributed by atoms with Crippen LogP contribution in [0.1, 0.15) is 25.0 Å². The topological polar surface area (TPSA) is 0 Å². The van der Waals surface area contributed by atoms with Crippen LogP contribution in [-0.2, 0) is 5.41 Å². The van der Waals surface area contributed by atoms with Crippen molar-refractivity contribution in [2.75, 3.05) is 0 Å². The van der Waals surface area contributed by atoms with E-state index in [-0.39, 0.29) is 5.41 Å². The average Bonchev–Trinajstić information content (AvgIpc) is 3.43. The Hall–Kier alpha value is -6.24. The third-order valence-electron chi connectivity index (χ3n) is 11.3. The molecule has 0 saturated carbocycles. The first kappa shape index (κ1) is 29.7. The highest BCUT2D eigenvalue weighted by Crippen LogP contribution is 2.54. The molecule has 1 aliphatic carbocycles. The van der Waals surface area contributed by atoms with Crippen molar-refractivity contribution in [1.82, 2.24) is 0 Å². The van der Waals surface area contributed by atoms with Crippen LogP contribution in [0.4, 0.5) is 0 Å². The molecular formula is C51H36. The number of rotatable bonds is 4. The summed E-state index contributed by atoms with van der Waals surface area (Å²) in [4.78, 5) is 0. The van der Waals surface area contributed by atoms with Gasteiger partial charge in [0.1, 0.15) is 0 Å². The minimum atomic E-state index is -0.100. The first-order valence-electron chi connectivity index (χ1n) is 17.9. The summed E-state index contributed by atoms with van der Waals surface area (Å²) in [6, 6.07) is 67.3. The molecule has 0 heteroatoms. The lowest BCUT2D eigenvalue weighted by atomic mass is 9.80. The maximum absolute atomic E-state index is 2.42. The van der Waals surface area contributed by atoms with Gasteiger partial charge in [0.15, 0.2) is 0 Å². The van der Waals surface area contributed by atoms with Crippen LogP contribution in [0.15, 0.2) is 182 Å². The normalized spacial score (nSPS) is 13.1. The summed E-state index contributed by atoms with van der Waals surface area (Å²) in [6.45, 7) is 4.77. The number of hydrogen-bond donors (Lipinski definition) is 0. The predicted octanol–water partition coefficient (Wildman–Crippen LogP) is 14.1. The molecule has 9 aromatic carbocycles. The minimum Gasteiger partial charge on any atom is -0.0622 e. The van der Waals surface area contributed by atoms with E-state index in [2.05, 4.69) is 196 Å². The Labute approximate surface area is 299 Å². The molecule has 10 rings (SSSR count). The monoisotopic (exact) mass is 648 g/mol. The van der Waals surface area contributed by atoms with Gasteiger partial charge in [0, 0.05) is 5.41 Å². The van der Waals surface area contributed by atoms with E-state index in [4.69, 9.17) is 0 Å². The van der Waals surface area contributed by atoms with Crippen LogP contribution >= 0.6 is 0 Å². The second-order valence-corrected chi connectivity index (χ2v) is 14.4. The van der Waals surface area contributed by atoms with Gasteiger partial charge in [0.2, 0.25) is 0 Å². The van der Waals surface area contributed by atoms with Crippen molar-refractivity contribution < 1.29 is 0 Å². The second-order valence-electron chi connectivity index (χ2n) is 14.4. The fourth-order valence-electron chi connectivity index (χ4n) is 8.81. The Morgan fingerprint density at radius 3 is 1.37 bits per heavy atom. The minimum absolute atomic E-state index is 0.100. The van der Waals surface area contributed by atoms with Crippen LogP contribution in [0.3, 0.4) is 0 Å². The first-order chi connectivity index (χ1) is 25.1. The number of benzene rings is 9. The highest BCUT2D eigenvalue weighted by Gasteiger charge is 2.37. The average molecular weight is 649 g/mol. The highest BCUT2D eigenvalue weighted by atomic mass is 14.4. The van der Waals surface area contributed by atoms with Crippen LogP contribution < -0.4 is 0 Å². The molecule has 0 fully saturated rings. The summed E-state index contributed by atoms with van der Waals surface area (Å²) < 4.78 is 0. The van der Waals surface area contributed by atoms with E-state index >= 15 is 0 Å². The molecule has 0 heterocycles. The maximum atomic E-state index is 2.42. The highest BCUT2D eigenvalue weighted by molar-refractivity contribution is 6.24. The molecule has 0 amide bonds. The molecule has 51 heavy (non-hydrogen) atoms. The van der Waals surface area contributed by atoms with Crippen molar-refractivity contribution in [3.63, 3.8) is 0 Å². The van der Waals surface area contributed by atoms with Crippen LogP contribution in [0, 0.1) is 0 Å². The van der Waals surface area contributed by atoms with Gasteiger partial charge >= 0.3 is 0 Å². The Morgan fingerprint density at radius 2 is 0.745 bits per heavy atom. The third kappa shape index (κ3) is 4.53. The van der Waals surface area contributed by atoms with E-state index < -0.39 is 0 Å². The smallest absolute Gasteiger partial charge is 0.0159 e. The number of fused-ring (bicyclic) bond motifs is 7. The summed E-state index contributed by atoms with van der Waals surface area (Å²) >= 11 is 0. The maximum Gasteiger partial charge on any atom is 0.0159 e. The van der Waals surface area contributed by atoms with E-state index in [9.17, 15) is 0 Å². The molecule has 0 nitrogen and oxygen atoms in total. The third-order valence-corrected chi connectivity index (χ3v) is 11.3. The van der Waals surface area contributed by atoms with Crippen molar-refractivity contribution in [3.05, 3.63) is 193 Å². The van der Waals surface area contributed by atoms with E-state index in [0.29, 0.717) is 0 Å². The zero-order valence-corrected chi connectivity index (χ0v) is 28.8. The molecule has 240 valence electrons. The molecule has 9 aromatic rings. The second kappa shape index (κ2) is 11.4. The standard InChI is InChI=1S/C51H36/c1-51(2)46-31-30-38-39(22-13-23-40(38)50(46)45-29-28-37(32-47(45)51)34-16-7-4-8-17-34)49-43-20-11-9-18-41(43)48(42-19-10-12-21-44(42)49)36-26-24-35(25-27-36)33-14-5-3-6-15-33/h3-32H,1-2H3. The lowest BCUT2D eigenvalue weighted by molar-refractivity contribution is 0.661. The predicted molar refractivity (Wildman–Crippen MR) is 218 cm³/mol. The van der Waals surface area contributed by atoms with E-state index in [1.165, 1.54) is 99.1 Å². The summed E-state index contributed by atoms with van der Waals surface area (Å²) in [5.74, 6) is 0. The Morgan fingerprint density at radius 1 is 0.275 bits per heavy atom. The Kier molecular flexibility index (Phi) is 6.63. The van der Waals surface area contributed by atoms with Crippen LogP contribution in [0.25, 0.3) is 88.0 Å². The van der Waals surface area contributed by atoms with E-state index in [1.54, 1.807) is 0 Å². The molecule has 0 saturated heterocycles. The summed E-state index contributed by atoms with van der Waals surface area (Å²) in [5.41, 5.74) is 15.5. The largest absolute Gasteiger partial charge is 0.0622 e. The van der Waals surface area contributed by atoms with Gasteiger partial charge in [-0.1, -0.05) is 190 Å². The van der Waals surface area contributed by atoms with Crippen LogP contribution in [0.5, 0.6) is 0 Å². The molecular weight excluding hydrogens is 613 g/mol. The van der Waals surface area contributed by atoms with E-state index in [0.717, 1.165) is 0 Å². The van der Waals surface area contributed by atoms with Gasteiger partial charge in [-0.25, -0.2) is 0 Å². The first-order valence-corrected chi connectivity index (χ1v) is 17.9. The lowest BCUT2D eigenvalue weighted by Crippen LogP contribution is -2.15. The molecule has 0 radical (unpaired) electrons. The van der Waals surface area contributed by atoms with Gasteiger partial charge in [-0.3, -0.25) is 0 Å². The molecule has 0 aromatic heterocycles. The van der Waals surface area contributed by atoms with E-state index in [1.807, 2.05) is 0 Å². The van der Waals surface area contributed by atoms with Gasteiger partial charge in [-0.15, -0.1) is 0 Å². The van der Waals surface area contributed by atoms with Crippen LogP contribution in [-0.4, -0.2) is 0 Å². The molecule has 0 spiro atoms. The fourth-order valence-corrected chi connectivity index (χ4v) is 8.81. The van der Waals surface area contributed by atoms with Crippen molar-refractivity contribution in [3.8, 4) is 55.6 Å². The Balaban J connectivity index is 1.20. The zero-order valence-electron chi connectivity index (χ0n) is 28.8. The molecule has 0 bridgehead atoms. The SMILES string of the molecule is CC1(C)c2cc(-c3ccccc3)ccc2-c2c1ccc1c(-c3c4ccccc4c(-c4ccc(-c5ccccc5)cc4)c4ccccc34)cccc21. The zero-order chi connectivity index (χ0) is 34.1. The van der Waals surface area contributed by atoms with Gasteiger partial charge in [-0.05, 0) is 105 Å². The lowest BCUT2D eigenvalue weighted by Gasteiger charge is -2.23. The quantitative estimate of drug-likeness (QED) is 0.167. The molecule has 1 aliphatic rings. The van der Waals surface area contributed by atoms with Gasteiger partial charge in [0.05, 0.1) is 0 Å². The summed E-state index contributed by atoms with van der Waals surface area (Å²) in [6.07, 6.45) is 0. The van der Waals surface area contributed by atoms with Crippen molar-refractivity contribution >= 4 is 32.3 Å². The van der Waals surface area contributed by atoms with Gasteiger partial charge in [-0.2, -0.15) is 0 Å². The molecule has 0 aliphatic heterocycles. The summed E-state index contributed by atoms with van der Waals surface area (Å²) in [5, 5.41) is 7.72. The molecule has 0 unspecified atom stereocenters. The van der Waals surface area contributed by atoms with Crippen molar-refractivity contribution in [2.24, 2.45) is 0 Å².